The number of oxazole rings is 1. The molecule has 21 heavy (non-hydrogen) atoms. The molecule has 0 radical (unpaired) electrons. The first-order valence-corrected chi connectivity index (χ1v) is 8.20. The fourth-order valence-corrected chi connectivity index (χ4v) is 3.58. The summed E-state index contributed by atoms with van der Waals surface area (Å²) in [6.07, 6.45) is 3.36. The van der Waals surface area contributed by atoms with Crippen LogP contribution in [0.15, 0.2) is 62.3 Å². The summed E-state index contributed by atoms with van der Waals surface area (Å²) in [5, 5.41) is 3.70. The van der Waals surface area contributed by atoms with Crippen molar-refractivity contribution in [3.8, 4) is 10.6 Å². The number of para-hydroxylation sites is 2. The fourth-order valence-electron chi connectivity index (χ4n) is 1.94. The molecule has 104 valence electrons. The van der Waals surface area contributed by atoms with Crippen molar-refractivity contribution in [2.75, 3.05) is 0 Å². The van der Waals surface area contributed by atoms with Gasteiger partial charge in [-0.3, -0.25) is 0 Å². The lowest BCUT2D eigenvalue weighted by Crippen LogP contribution is -1.81. The Bertz CT molecular complexity index is 832. The number of thiazole rings is 1. The first-order chi connectivity index (χ1) is 10.4. The van der Waals surface area contributed by atoms with Gasteiger partial charge in [-0.15, -0.1) is 11.3 Å². The number of rotatable bonds is 4. The number of furan rings is 1. The average molecular weight is 314 g/mol. The maximum atomic E-state index is 5.68. The van der Waals surface area contributed by atoms with E-state index in [0.717, 1.165) is 33.1 Å². The van der Waals surface area contributed by atoms with Crippen molar-refractivity contribution in [1.29, 1.82) is 0 Å². The molecule has 0 N–H and O–H groups in total. The Labute approximate surface area is 128 Å². The highest BCUT2D eigenvalue weighted by atomic mass is 32.2. The summed E-state index contributed by atoms with van der Waals surface area (Å²) in [6.45, 7) is 0. The van der Waals surface area contributed by atoms with Crippen molar-refractivity contribution in [3.05, 3.63) is 53.9 Å². The van der Waals surface area contributed by atoms with Gasteiger partial charge in [0, 0.05) is 16.7 Å². The molecule has 0 bridgehead atoms. The van der Waals surface area contributed by atoms with E-state index in [2.05, 4.69) is 15.3 Å². The molecule has 4 aromatic rings. The topological polar surface area (TPSA) is 52.1 Å². The second-order valence-corrected chi connectivity index (χ2v) is 6.18. The molecule has 0 unspecified atom stereocenters. The minimum absolute atomic E-state index is 0.675. The highest BCUT2D eigenvalue weighted by Crippen LogP contribution is 2.29. The van der Waals surface area contributed by atoms with E-state index in [1.54, 1.807) is 35.6 Å². The van der Waals surface area contributed by atoms with Crippen LogP contribution in [0.3, 0.4) is 0 Å². The quantitative estimate of drug-likeness (QED) is 0.505. The summed E-state index contributed by atoms with van der Waals surface area (Å²) in [5.41, 5.74) is 3.73. The van der Waals surface area contributed by atoms with Gasteiger partial charge in [0.2, 0.25) is 0 Å². The smallest absolute Gasteiger partial charge is 0.257 e. The second-order valence-electron chi connectivity index (χ2n) is 4.39. The van der Waals surface area contributed by atoms with Crippen LogP contribution in [0.4, 0.5) is 0 Å². The third-order valence-electron chi connectivity index (χ3n) is 2.94. The number of hydrogen-bond acceptors (Lipinski definition) is 6. The predicted octanol–water partition coefficient (Wildman–Crippen LogP) is 4.84. The molecular formula is C15H10N2O2S2. The summed E-state index contributed by atoms with van der Waals surface area (Å²) in [6, 6.07) is 9.68. The van der Waals surface area contributed by atoms with Crippen molar-refractivity contribution in [2.45, 2.75) is 11.0 Å². The van der Waals surface area contributed by atoms with Crippen LogP contribution in [0.1, 0.15) is 5.69 Å². The Morgan fingerprint density at radius 1 is 1.14 bits per heavy atom. The van der Waals surface area contributed by atoms with Crippen LogP contribution >= 0.6 is 23.1 Å². The molecule has 1 aromatic carbocycles. The van der Waals surface area contributed by atoms with Gasteiger partial charge in [-0.2, -0.15) is 0 Å². The summed E-state index contributed by atoms with van der Waals surface area (Å²) in [7, 11) is 0. The molecule has 0 amide bonds. The first kappa shape index (κ1) is 12.7. The van der Waals surface area contributed by atoms with Crippen LogP contribution in [0.2, 0.25) is 0 Å². The fraction of sp³-hybridized carbons (Fsp3) is 0.0667. The summed E-state index contributed by atoms with van der Waals surface area (Å²) in [4.78, 5) is 9.03. The zero-order valence-corrected chi connectivity index (χ0v) is 12.5. The van der Waals surface area contributed by atoms with E-state index in [-0.39, 0.29) is 0 Å². The van der Waals surface area contributed by atoms with E-state index in [0.29, 0.717) is 5.22 Å². The van der Waals surface area contributed by atoms with Crippen molar-refractivity contribution in [1.82, 2.24) is 9.97 Å². The molecule has 0 saturated heterocycles. The van der Waals surface area contributed by atoms with Gasteiger partial charge in [0.1, 0.15) is 16.8 Å². The molecule has 4 nitrogen and oxygen atoms in total. The molecule has 0 spiro atoms. The summed E-state index contributed by atoms with van der Waals surface area (Å²) < 4.78 is 10.8. The highest BCUT2D eigenvalue weighted by Gasteiger charge is 2.09. The lowest BCUT2D eigenvalue weighted by molar-refractivity contribution is 0.489. The van der Waals surface area contributed by atoms with Gasteiger partial charge in [0.25, 0.3) is 5.22 Å². The van der Waals surface area contributed by atoms with E-state index in [4.69, 9.17) is 8.83 Å². The number of thioether (sulfide) groups is 1. The van der Waals surface area contributed by atoms with Crippen LogP contribution in [0.25, 0.3) is 21.7 Å². The minimum Gasteiger partial charge on any atom is -0.472 e. The second kappa shape index (κ2) is 5.38. The largest absolute Gasteiger partial charge is 0.472 e. The molecule has 3 aromatic heterocycles. The van der Waals surface area contributed by atoms with Crippen LogP contribution in [0.5, 0.6) is 0 Å². The van der Waals surface area contributed by atoms with Crippen molar-refractivity contribution in [2.24, 2.45) is 0 Å². The zero-order chi connectivity index (χ0) is 14.1. The SMILES string of the molecule is c1ccc2oc(SCc3csc(-c4ccoc4)n3)nc2c1. The minimum atomic E-state index is 0.675. The Hall–Kier alpha value is -2.05. The van der Waals surface area contributed by atoms with Crippen LogP contribution in [0, 0.1) is 0 Å². The van der Waals surface area contributed by atoms with Gasteiger partial charge in [-0.05, 0) is 18.2 Å². The van der Waals surface area contributed by atoms with Crippen LogP contribution < -0.4 is 0 Å². The Morgan fingerprint density at radius 2 is 2.10 bits per heavy atom. The number of hydrogen-bond donors (Lipinski definition) is 0. The molecule has 0 saturated carbocycles. The lowest BCUT2D eigenvalue weighted by atomic mass is 10.3. The molecule has 6 heteroatoms. The van der Waals surface area contributed by atoms with E-state index in [1.807, 2.05) is 30.3 Å². The van der Waals surface area contributed by atoms with E-state index in [1.165, 1.54) is 0 Å². The van der Waals surface area contributed by atoms with Gasteiger partial charge in [-0.25, -0.2) is 9.97 Å². The number of fused-ring (bicyclic) bond motifs is 1. The van der Waals surface area contributed by atoms with Gasteiger partial charge in [0.15, 0.2) is 5.58 Å². The van der Waals surface area contributed by atoms with Crippen molar-refractivity contribution >= 4 is 34.2 Å². The van der Waals surface area contributed by atoms with E-state index < -0.39 is 0 Å². The van der Waals surface area contributed by atoms with Gasteiger partial charge >= 0.3 is 0 Å². The molecule has 0 aliphatic carbocycles. The number of nitrogens with zero attached hydrogens (tertiary/aromatic N) is 2. The van der Waals surface area contributed by atoms with Crippen molar-refractivity contribution in [3.63, 3.8) is 0 Å². The number of aromatic nitrogens is 2. The maximum Gasteiger partial charge on any atom is 0.257 e. The maximum absolute atomic E-state index is 5.68. The van der Waals surface area contributed by atoms with E-state index >= 15 is 0 Å². The first-order valence-electron chi connectivity index (χ1n) is 6.34. The number of benzene rings is 1. The van der Waals surface area contributed by atoms with Gasteiger partial charge in [0.05, 0.1) is 12.0 Å². The Morgan fingerprint density at radius 3 is 2.95 bits per heavy atom. The summed E-state index contributed by atoms with van der Waals surface area (Å²) in [5.74, 6) is 0.737. The van der Waals surface area contributed by atoms with Gasteiger partial charge < -0.3 is 8.83 Å². The molecule has 0 aliphatic rings. The monoisotopic (exact) mass is 314 g/mol. The van der Waals surface area contributed by atoms with Crippen LogP contribution in [-0.2, 0) is 5.75 Å². The molecular weight excluding hydrogens is 304 g/mol. The third kappa shape index (κ3) is 2.59. The molecule has 4 rings (SSSR count). The normalized spacial score (nSPS) is 11.2. The van der Waals surface area contributed by atoms with Crippen LogP contribution in [-0.4, -0.2) is 9.97 Å². The molecule has 0 fully saturated rings. The zero-order valence-electron chi connectivity index (χ0n) is 10.9. The standard InChI is InChI=1S/C15H10N2O2S2/c1-2-4-13-12(3-1)17-15(19-13)21-9-11-8-20-14(16-11)10-5-6-18-7-10/h1-8H,9H2. The molecule has 0 aliphatic heterocycles. The van der Waals surface area contributed by atoms with Gasteiger partial charge in [-0.1, -0.05) is 23.9 Å². The average Bonchev–Trinajstić information content (AvgIpc) is 3.23. The highest BCUT2D eigenvalue weighted by molar-refractivity contribution is 7.98. The Balaban J connectivity index is 1.49. The molecule has 0 atom stereocenters. The van der Waals surface area contributed by atoms with E-state index in [9.17, 15) is 0 Å². The molecule has 3 heterocycles. The lowest BCUT2D eigenvalue weighted by Gasteiger charge is -1.92. The van der Waals surface area contributed by atoms with Crippen molar-refractivity contribution < 1.29 is 8.83 Å². The third-order valence-corrected chi connectivity index (χ3v) is 4.74. The summed E-state index contributed by atoms with van der Waals surface area (Å²) >= 11 is 3.16. The predicted molar refractivity (Wildman–Crippen MR) is 83.4 cm³/mol. The Kier molecular flexibility index (Phi) is 3.25.